The molecule has 3 nitrogen and oxygen atoms in total. The summed E-state index contributed by atoms with van der Waals surface area (Å²) in [6.45, 7) is 9.79. The zero-order valence-corrected chi connectivity index (χ0v) is 11.3. The fourth-order valence-electron chi connectivity index (χ4n) is 1.99. The smallest absolute Gasteiger partial charge is 0.0950 e. The van der Waals surface area contributed by atoms with Crippen LogP contribution < -0.4 is 0 Å². The van der Waals surface area contributed by atoms with E-state index < -0.39 is 0 Å². The minimum Gasteiger partial charge on any atom is -0.301 e. The summed E-state index contributed by atoms with van der Waals surface area (Å²) in [5.41, 5.74) is 0. The van der Waals surface area contributed by atoms with Gasteiger partial charge in [-0.15, -0.1) is 0 Å². The minimum atomic E-state index is 0.0813. The molecule has 0 saturated carbocycles. The van der Waals surface area contributed by atoms with Crippen molar-refractivity contribution in [3.63, 3.8) is 0 Å². The molecule has 0 aromatic heterocycles. The Kier molecular flexibility index (Phi) is 6.86. The van der Waals surface area contributed by atoms with Crippen molar-refractivity contribution in [1.82, 2.24) is 9.80 Å². The summed E-state index contributed by atoms with van der Waals surface area (Å²) in [6, 6.07) is 2.39. The summed E-state index contributed by atoms with van der Waals surface area (Å²) < 4.78 is 0. The van der Waals surface area contributed by atoms with Crippen LogP contribution in [-0.2, 0) is 0 Å². The van der Waals surface area contributed by atoms with Gasteiger partial charge in [0.15, 0.2) is 0 Å². The van der Waals surface area contributed by atoms with Gasteiger partial charge in [-0.2, -0.15) is 17.0 Å². The van der Waals surface area contributed by atoms with Gasteiger partial charge in [-0.3, -0.25) is 4.90 Å². The SMILES string of the molecule is CCSCCCN1CCN(C(C)C#N)CC1. The molecule has 1 unspecified atom stereocenters. The molecular weight excluding hydrogens is 218 g/mol. The van der Waals surface area contributed by atoms with E-state index in [-0.39, 0.29) is 6.04 Å². The Morgan fingerprint density at radius 2 is 2.00 bits per heavy atom. The third-order valence-corrected chi connectivity index (χ3v) is 4.09. The lowest BCUT2D eigenvalue weighted by Gasteiger charge is -2.35. The normalized spacial score (nSPS) is 20.6. The van der Waals surface area contributed by atoms with Gasteiger partial charge in [0.2, 0.25) is 0 Å². The second-order valence-corrected chi connectivity index (χ2v) is 5.63. The van der Waals surface area contributed by atoms with E-state index in [4.69, 9.17) is 5.26 Å². The van der Waals surface area contributed by atoms with Crippen LogP contribution in [0, 0.1) is 11.3 Å². The first-order valence-corrected chi connectivity index (χ1v) is 7.37. The van der Waals surface area contributed by atoms with Gasteiger partial charge in [0.1, 0.15) is 0 Å². The molecule has 16 heavy (non-hydrogen) atoms. The molecule has 1 atom stereocenters. The molecule has 0 aliphatic carbocycles. The Morgan fingerprint density at radius 1 is 1.31 bits per heavy atom. The molecule has 1 rings (SSSR count). The molecule has 0 radical (unpaired) electrons. The van der Waals surface area contributed by atoms with Crippen LogP contribution >= 0.6 is 11.8 Å². The zero-order valence-electron chi connectivity index (χ0n) is 10.5. The van der Waals surface area contributed by atoms with E-state index in [1.165, 1.54) is 24.5 Å². The lowest BCUT2D eigenvalue weighted by molar-refractivity contribution is 0.120. The number of hydrogen-bond donors (Lipinski definition) is 0. The highest BCUT2D eigenvalue weighted by Crippen LogP contribution is 2.08. The van der Waals surface area contributed by atoms with Gasteiger partial charge in [0.25, 0.3) is 0 Å². The van der Waals surface area contributed by atoms with E-state index in [0.29, 0.717) is 0 Å². The molecule has 0 aromatic carbocycles. The monoisotopic (exact) mass is 241 g/mol. The third kappa shape index (κ3) is 4.73. The standard InChI is InChI=1S/C12H23N3S/c1-3-16-10-4-5-14-6-8-15(9-7-14)12(2)11-13/h12H,3-10H2,1-2H3. The predicted molar refractivity (Wildman–Crippen MR) is 70.7 cm³/mol. The average Bonchev–Trinajstić information content (AvgIpc) is 2.34. The Hall–Kier alpha value is -0.240. The van der Waals surface area contributed by atoms with Crippen LogP contribution in [0.15, 0.2) is 0 Å². The van der Waals surface area contributed by atoms with Crippen molar-refractivity contribution in [3.8, 4) is 6.07 Å². The largest absolute Gasteiger partial charge is 0.301 e. The van der Waals surface area contributed by atoms with Crippen LogP contribution in [0.25, 0.3) is 0 Å². The number of hydrogen-bond acceptors (Lipinski definition) is 4. The summed E-state index contributed by atoms with van der Waals surface area (Å²) in [6.07, 6.45) is 1.30. The molecule has 92 valence electrons. The molecule has 0 N–H and O–H groups in total. The lowest BCUT2D eigenvalue weighted by Crippen LogP contribution is -2.49. The van der Waals surface area contributed by atoms with Gasteiger partial charge in [-0.25, -0.2) is 0 Å². The Labute approximate surface area is 104 Å². The van der Waals surface area contributed by atoms with E-state index in [2.05, 4.69) is 22.8 Å². The molecule has 1 aliphatic heterocycles. The molecular formula is C12H23N3S. The summed E-state index contributed by atoms with van der Waals surface area (Å²) in [4.78, 5) is 4.80. The molecule has 0 bridgehead atoms. The molecule has 1 heterocycles. The van der Waals surface area contributed by atoms with Crippen molar-refractivity contribution < 1.29 is 0 Å². The second-order valence-electron chi connectivity index (χ2n) is 4.23. The highest BCUT2D eigenvalue weighted by molar-refractivity contribution is 7.99. The van der Waals surface area contributed by atoms with Crippen molar-refractivity contribution in [1.29, 1.82) is 5.26 Å². The first-order valence-electron chi connectivity index (χ1n) is 6.21. The molecule has 1 fully saturated rings. The Bertz CT molecular complexity index is 219. The number of thioether (sulfide) groups is 1. The third-order valence-electron chi connectivity index (χ3n) is 3.11. The molecule has 0 amide bonds. The van der Waals surface area contributed by atoms with Crippen LogP contribution in [0.1, 0.15) is 20.3 Å². The minimum absolute atomic E-state index is 0.0813. The molecule has 0 aromatic rings. The summed E-state index contributed by atoms with van der Waals surface area (Å²) in [7, 11) is 0. The summed E-state index contributed by atoms with van der Waals surface area (Å²) in [5, 5.41) is 8.85. The van der Waals surface area contributed by atoms with Gasteiger partial charge in [0.05, 0.1) is 12.1 Å². The molecule has 1 aliphatic rings. The van der Waals surface area contributed by atoms with E-state index in [9.17, 15) is 0 Å². The van der Waals surface area contributed by atoms with Crippen molar-refractivity contribution >= 4 is 11.8 Å². The fraction of sp³-hybridized carbons (Fsp3) is 0.917. The van der Waals surface area contributed by atoms with E-state index in [1.54, 1.807) is 0 Å². The molecule has 0 spiro atoms. The van der Waals surface area contributed by atoms with Gasteiger partial charge in [-0.1, -0.05) is 6.92 Å². The van der Waals surface area contributed by atoms with Crippen molar-refractivity contribution in [2.24, 2.45) is 0 Å². The number of piperazine rings is 1. The summed E-state index contributed by atoms with van der Waals surface area (Å²) >= 11 is 2.03. The maximum absolute atomic E-state index is 8.85. The topological polar surface area (TPSA) is 30.3 Å². The predicted octanol–water partition coefficient (Wildman–Crippen LogP) is 1.66. The van der Waals surface area contributed by atoms with Gasteiger partial charge < -0.3 is 4.90 Å². The van der Waals surface area contributed by atoms with Crippen LogP contribution in [0.4, 0.5) is 0 Å². The Morgan fingerprint density at radius 3 is 2.56 bits per heavy atom. The average molecular weight is 241 g/mol. The van der Waals surface area contributed by atoms with Crippen LogP contribution in [0.3, 0.4) is 0 Å². The highest BCUT2D eigenvalue weighted by Gasteiger charge is 2.19. The van der Waals surface area contributed by atoms with Crippen LogP contribution in [0.2, 0.25) is 0 Å². The number of nitriles is 1. The first kappa shape index (κ1) is 13.8. The number of rotatable bonds is 6. The van der Waals surface area contributed by atoms with Crippen LogP contribution in [-0.4, -0.2) is 60.1 Å². The number of nitrogens with zero attached hydrogens (tertiary/aromatic N) is 3. The van der Waals surface area contributed by atoms with E-state index in [0.717, 1.165) is 26.2 Å². The quantitative estimate of drug-likeness (QED) is 0.662. The Balaban J connectivity index is 2.10. The zero-order chi connectivity index (χ0) is 11.8. The molecule has 1 saturated heterocycles. The van der Waals surface area contributed by atoms with Gasteiger partial charge in [-0.05, 0) is 31.4 Å². The van der Waals surface area contributed by atoms with Gasteiger partial charge in [0, 0.05) is 26.2 Å². The maximum atomic E-state index is 8.85. The van der Waals surface area contributed by atoms with Crippen molar-refractivity contribution in [2.75, 3.05) is 44.2 Å². The highest BCUT2D eigenvalue weighted by atomic mass is 32.2. The maximum Gasteiger partial charge on any atom is 0.0950 e. The lowest BCUT2D eigenvalue weighted by atomic mass is 10.2. The van der Waals surface area contributed by atoms with E-state index >= 15 is 0 Å². The van der Waals surface area contributed by atoms with Crippen molar-refractivity contribution in [3.05, 3.63) is 0 Å². The van der Waals surface area contributed by atoms with Gasteiger partial charge >= 0.3 is 0 Å². The fourth-order valence-corrected chi connectivity index (χ4v) is 2.61. The van der Waals surface area contributed by atoms with Crippen molar-refractivity contribution in [2.45, 2.75) is 26.3 Å². The first-order chi connectivity index (χ1) is 7.77. The molecule has 4 heteroatoms. The van der Waals surface area contributed by atoms with Crippen LogP contribution in [0.5, 0.6) is 0 Å². The second kappa shape index (κ2) is 7.94. The van der Waals surface area contributed by atoms with E-state index in [1.807, 2.05) is 18.7 Å². The summed E-state index contributed by atoms with van der Waals surface area (Å²) in [5.74, 6) is 2.51.